The van der Waals surface area contributed by atoms with Gasteiger partial charge in [-0.05, 0) is 24.6 Å². The lowest BCUT2D eigenvalue weighted by Gasteiger charge is -2.33. The van der Waals surface area contributed by atoms with Gasteiger partial charge in [-0.3, -0.25) is 4.90 Å². The minimum atomic E-state index is -0.780. The van der Waals surface area contributed by atoms with Gasteiger partial charge >= 0.3 is 0 Å². The summed E-state index contributed by atoms with van der Waals surface area (Å²) in [5.74, 6) is -1.54. The number of hydrogen-bond acceptors (Lipinski definition) is 2. The topological polar surface area (TPSA) is 15.3 Å². The van der Waals surface area contributed by atoms with Crippen LogP contribution in [0.1, 0.15) is 12.5 Å². The second-order valence-electron chi connectivity index (χ2n) is 4.27. The SMILES string of the molecule is CC1CNCCN1Cc1ccc(F)c(F)c1. The molecule has 2 rings (SSSR count). The molecule has 4 heteroatoms. The number of benzene rings is 1. The molecule has 1 aliphatic heterocycles. The van der Waals surface area contributed by atoms with Crippen LogP contribution in [0.4, 0.5) is 8.78 Å². The third-order valence-corrected chi connectivity index (χ3v) is 3.01. The largest absolute Gasteiger partial charge is 0.314 e. The van der Waals surface area contributed by atoms with Crippen molar-refractivity contribution in [3.63, 3.8) is 0 Å². The zero-order valence-electron chi connectivity index (χ0n) is 9.34. The summed E-state index contributed by atoms with van der Waals surface area (Å²) in [5.41, 5.74) is 0.827. The number of nitrogens with zero attached hydrogens (tertiary/aromatic N) is 1. The van der Waals surface area contributed by atoms with Gasteiger partial charge in [0.2, 0.25) is 0 Å². The summed E-state index contributed by atoms with van der Waals surface area (Å²) in [5, 5.41) is 3.30. The van der Waals surface area contributed by atoms with E-state index < -0.39 is 11.6 Å². The van der Waals surface area contributed by atoms with Crippen molar-refractivity contribution in [3.05, 3.63) is 35.4 Å². The first-order chi connectivity index (χ1) is 7.66. The predicted molar refractivity (Wildman–Crippen MR) is 59.1 cm³/mol. The van der Waals surface area contributed by atoms with Gasteiger partial charge in [0, 0.05) is 32.2 Å². The molecule has 1 unspecified atom stereocenters. The smallest absolute Gasteiger partial charge is 0.159 e. The molecule has 1 atom stereocenters. The van der Waals surface area contributed by atoms with E-state index >= 15 is 0 Å². The lowest BCUT2D eigenvalue weighted by atomic mass is 10.1. The van der Waals surface area contributed by atoms with Gasteiger partial charge in [-0.1, -0.05) is 6.07 Å². The van der Waals surface area contributed by atoms with E-state index in [9.17, 15) is 8.78 Å². The van der Waals surface area contributed by atoms with Gasteiger partial charge in [-0.25, -0.2) is 8.78 Å². The van der Waals surface area contributed by atoms with Gasteiger partial charge < -0.3 is 5.32 Å². The Bertz CT molecular complexity index is 368. The number of piperazine rings is 1. The van der Waals surface area contributed by atoms with Crippen molar-refractivity contribution in [1.82, 2.24) is 10.2 Å². The van der Waals surface area contributed by atoms with Crippen LogP contribution in [0.25, 0.3) is 0 Å². The summed E-state index contributed by atoms with van der Waals surface area (Å²) in [6, 6.07) is 4.55. The highest BCUT2D eigenvalue weighted by molar-refractivity contribution is 5.17. The van der Waals surface area contributed by atoms with E-state index in [1.165, 1.54) is 12.1 Å². The molecule has 1 fully saturated rings. The molecular weight excluding hydrogens is 210 g/mol. The third-order valence-electron chi connectivity index (χ3n) is 3.01. The summed E-state index contributed by atoms with van der Waals surface area (Å²) in [7, 11) is 0. The van der Waals surface area contributed by atoms with Gasteiger partial charge in [-0.2, -0.15) is 0 Å². The van der Waals surface area contributed by atoms with E-state index in [0.717, 1.165) is 25.2 Å². The number of rotatable bonds is 2. The molecule has 0 bridgehead atoms. The van der Waals surface area contributed by atoms with E-state index in [-0.39, 0.29) is 0 Å². The van der Waals surface area contributed by atoms with Crippen molar-refractivity contribution in [2.24, 2.45) is 0 Å². The molecule has 16 heavy (non-hydrogen) atoms. The van der Waals surface area contributed by atoms with Crippen LogP contribution >= 0.6 is 0 Å². The maximum absolute atomic E-state index is 13.0. The first-order valence-corrected chi connectivity index (χ1v) is 5.55. The van der Waals surface area contributed by atoms with Gasteiger partial charge in [-0.15, -0.1) is 0 Å². The first-order valence-electron chi connectivity index (χ1n) is 5.55. The van der Waals surface area contributed by atoms with Gasteiger partial charge in [0.05, 0.1) is 0 Å². The molecule has 0 spiro atoms. The fourth-order valence-electron chi connectivity index (χ4n) is 1.99. The molecule has 0 saturated carbocycles. The molecule has 1 aromatic rings. The average molecular weight is 226 g/mol. The minimum Gasteiger partial charge on any atom is -0.314 e. The van der Waals surface area contributed by atoms with Crippen molar-refractivity contribution < 1.29 is 8.78 Å². The second-order valence-corrected chi connectivity index (χ2v) is 4.27. The Morgan fingerprint density at radius 1 is 1.38 bits per heavy atom. The number of hydrogen-bond donors (Lipinski definition) is 1. The van der Waals surface area contributed by atoms with Gasteiger partial charge in [0.1, 0.15) is 0 Å². The summed E-state index contributed by atoms with van der Waals surface area (Å²) >= 11 is 0. The zero-order chi connectivity index (χ0) is 11.5. The molecule has 0 aromatic heterocycles. The van der Waals surface area contributed by atoms with Gasteiger partial charge in [0.15, 0.2) is 11.6 Å². The fraction of sp³-hybridized carbons (Fsp3) is 0.500. The molecule has 2 nitrogen and oxygen atoms in total. The molecule has 1 N–H and O–H groups in total. The molecule has 1 aromatic carbocycles. The van der Waals surface area contributed by atoms with Crippen molar-refractivity contribution >= 4 is 0 Å². The maximum Gasteiger partial charge on any atom is 0.159 e. The Morgan fingerprint density at radius 3 is 2.88 bits per heavy atom. The van der Waals surface area contributed by atoms with E-state index in [0.29, 0.717) is 12.6 Å². The maximum atomic E-state index is 13.0. The van der Waals surface area contributed by atoms with E-state index in [2.05, 4.69) is 17.1 Å². The van der Waals surface area contributed by atoms with Crippen LogP contribution in [0.15, 0.2) is 18.2 Å². The van der Waals surface area contributed by atoms with Crippen LogP contribution < -0.4 is 5.32 Å². The molecule has 1 heterocycles. The fourth-order valence-corrected chi connectivity index (χ4v) is 1.99. The van der Waals surface area contributed by atoms with Crippen molar-refractivity contribution in [2.45, 2.75) is 19.5 Å². The molecule has 0 amide bonds. The van der Waals surface area contributed by atoms with Crippen molar-refractivity contribution in [3.8, 4) is 0 Å². The van der Waals surface area contributed by atoms with Gasteiger partial charge in [0.25, 0.3) is 0 Å². The predicted octanol–water partition coefficient (Wildman–Crippen LogP) is 1.76. The highest BCUT2D eigenvalue weighted by Gasteiger charge is 2.18. The van der Waals surface area contributed by atoms with Crippen LogP contribution in [-0.2, 0) is 6.54 Å². The standard InChI is InChI=1S/C12H16F2N2/c1-9-7-15-4-5-16(9)8-10-2-3-11(13)12(14)6-10/h2-3,6,9,15H,4-5,7-8H2,1H3. The molecule has 0 aliphatic carbocycles. The van der Waals surface area contributed by atoms with E-state index in [1.807, 2.05) is 0 Å². The van der Waals surface area contributed by atoms with Crippen LogP contribution in [0.3, 0.4) is 0 Å². The summed E-state index contributed by atoms with van der Waals surface area (Å²) < 4.78 is 25.8. The molecule has 0 radical (unpaired) electrons. The summed E-state index contributed by atoms with van der Waals surface area (Å²) in [4.78, 5) is 2.27. The second kappa shape index (κ2) is 4.89. The quantitative estimate of drug-likeness (QED) is 0.826. The van der Waals surface area contributed by atoms with Crippen molar-refractivity contribution in [2.75, 3.05) is 19.6 Å². The van der Waals surface area contributed by atoms with Crippen molar-refractivity contribution in [1.29, 1.82) is 0 Å². The first kappa shape index (κ1) is 11.5. The Morgan fingerprint density at radius 2 is 2.19 bits per heavy atom. The highest BCUT2D eigenvalue weighted by atomic mass is 19.2. The molecule has 1 aliphatic rings. The van der Waals surface area contributed by atoms with Crippen LogP contribution in [0.2, 0.25) is 0 Å². The zero-order valence-corrected chi connectivity index (χ0v) is 9.34. The van der Waals surface area contributed by atoms with Crippen LogP contribution in [0.5, 0.6) is 0 Å². The highest BCUT2D eigenvalue weighted by Crippen LogP contribution is 2.13. The lowest BCUT2D eigenvalue weighted by molar-refractivity contribution is 0.165. The Labute approximate surface area is 94.3 Å². The molecular formula is C12H16F2N2. The average Bonchev–Trinajstić information content (AvgIpc) is 2.27. The Hall–Kier alpha value is -1.00. The third kappa shape index (κ3) is 2.57. The monoisotopic (exact) mass is 226 g/mol. The minimum absolute atomic E-state index is 0.432. The van der Waals surface area contributed by atoms with Crippen LogP contribution in [0, 0.1) is 11.6 Å². The number of nitrogens with one attached hydrogen (secondary N) is 1. The van der Waals surface area contributed by atoms with E-state index in [1.54, 1.807) is 6.07 Å². The van der Waals surface area contributed by atoms with E-state index in [4.69, 9.17) is 0 Å². The number of halogens is 2. The molecule has 88 valence electrons. The Balaban J connectivity index is 2.05. The normalized spacial score (nSPS) is 22.3. The summed E-state index contributed by atoms with van der Waals surface area (Å²) in [6.45, 7) is 5.66. The lowest BCUT2D eigenvalue weighted by Crippen LogP contribution is -2.49. The Kier molecular flexibility index (Phi) is 3.51. The molecule has 1 saturated heterocycles. The summed E-state index contributed by atoms with van der Waals surface area (Å²) in [6.07, 6.45) is 0. The van der Waals surface area contributed by atoms with Crippen LogP contribution in [-0.4, -0.2) is 30.6 Å².